The first-order valence-electron chi connectivity index (χ1n) is 7.94. The zero-order valence-corrected chi connectivity index (χ0v) is 17.0. The van der Waals surface area contributed by atoms with Crippen LogP contribution in [-0.2, 0) is 17.9 Å². The molecule has 0 saturated heterocycles. The lowest BCUT2D eigenvalue weighted by atomic mass is 10.1. The highest BCUT2D eigenvalue weighted by Gasteiger charge is 2.30. The summed E-state index contributed by atoms with van der Waals surface area (Å²) in [5, 5.41) is 2.81. The van der Waals surface area contributed by atoms with Crippen molar-refractivity contribution >= 4 is 35.6 Å². The van der Waals surface area contributed by atoms with E-state index in [1.165, 1.54) is 24.3 Å². The molecule has 2 aromatic rings. The molecule has 0 saturated carbocycles. The first kappa shape index (κ1) is 23.0. The lowest BCUT2D eigenvalue weighted by molar-refractivity contribution is -0.274. The molecule has 2 aromatic carbocycles. The molecule has 0 aromatic heterocycles. The van der Waals surface area contributed by atoms with Crippen LogP contribution in [0.5, 0.6) is 5.75 Å². The van der Waals surface area contributed by atoms with E-state index in [9.17, 15) is 13.2 Å². The van der Waals surface area contributed by atoms with Gasteiger partial charge in [-0.3, -0.25) is 0 Å². The molecule has 0 spiro atoms. The summed E-state index contributed by atoms with van der Waals surface area (Å²) in [4.78, 5) is 4.20. The Balaban J connectivity index is 0.00000364. The minimum atomic E-state index is -4.71. The monoisotopic (exact) mass is 495 g/mol. The first-order chi connectivity index (χ1) is 12.4. The molecule has 0 bridgehead atoms. The lowest BCUT2D eigenvalue weighted by Crippen LogP contribution is -2.22. The van der Waals surface area contributed by atoms with Crippen LogP contribution >= 0.6 is 24.0 Å². The predicted molar refractivity (Wildman–Crippen MR) is 109 cm³/mol. The number of rotatable bonds is 7. The molecule has 0 aliphatic carbocycles. The summed E-state index contributed by atoms with van der Waals surface area (Å²) < 4.78 is 45.5. The summed E-state index contributed by atoms with van der Waals surface area (Å²) in [5.74, 6) is -0.140. The van der Waals surface area contributed by atoms with Crippen LogP contribution in [0.1, 0.15) is 18.1 Å². The van der Waals surface area contributed by atoms with E-state index in [0.717, 1.165) is 11.1 Å². The maximum Gasteiger partial charge on any atom is 0.573 e. The van der Waals surface area contributed by atoms with Crippen LogP contribution in [0.3, 0.4) is 0 Å². The molecule has 0 aliphatic heterocycles. The fourth-order valence-electron chi connectivity index (χ4n) is 2.06. The molecule has 27 heavy (non-hydrogen) atoms. The van der Waals surface area contributed by atoms with Gasteiger partial charge in [-0.25, -0.2) is 4.99 Å². The van der Waals surface area contributed by atoms with E-state index in [1.807, 2.05) is 31.2 Å². The smallest absolute Gasteiger partial charge is 0.406 e. The van der Waals surface area contributed by atoms with Gasteiger partial charge >= 0.3 is 6.36 Å². The SMILES string of the molecule is CCOCc1ccc(CN=C(N)Nc2ccc(OC(F)(F)F)cc2)cc1.I. The van der Waals surface area contributed by atoms with E-state index in [2.05, 4.69) is 15.0 Å². The van der Waals surface area contributed by atoms with Crippen molar-refractivity contribution in [3.05, 3.63) is 59.7 Å². The van der Waals surface area contributed by atoms with Gasteiger partial charge in [0.25, 0.3) is 0 Å². The number of alkyl halides is 3. The molecule has 9 heteroatoms. The highest BCUT2D eigenvalue weighted by Crippen LogP contribution is 2.23. The van der Waals surface area contributed by atoms with Gasteiger partial charge in [0.1, 0.15) is 5.75 Å². The maximum atomic E-state index is 12.1. The van der Waals surface area contributed by atoms with Crippen LogP contribution in [0.15, 0.2) is 53.5 Å². The number of anilines is 1. The van der Waals surface area contributed by atoms with E-state index in [-0.39, 0.29) is 35.7 Å². The minimum Gasteiger partial charge on any atom is -0.406 e. The van der Waals surface area contributed by atoms with Crippen LogP contribution in [0.25, 0.3) is 0 Å². The zero-order valence-electron chi connectivity index (χ0n) is 14.6. The van der Waals surface area contributed by atoms with Gasteiger partial charge in [-0.05, 0) is 42.3 Å². The number of hydrogen-bond acceptors (Lipinski definition) is 3. The van der Waals surface area contributed by atoms with Gasteiger partial charge in [0.05, 0.1) is 13.2 Å². The Morgan fingerprint density at radius 2 is 1.63 bits per heavy atom. The highest BCUT2D eigenvalue weighted by molar-refractivity contribution is 14.0. The molecule has 0 amide bonds. The predicted octanol–water partition coefficient (Wildman–Crippen LogP) is 4.67. The number of hydrogen-bond donors (Lipinski definition) is 2. The molecule has 0 heterocycles. The average Bonchev–Trinajstić information content (AvgIpc) is 2.59. The van der Waals surface area contributed by atoms with Crippen LogP contribution < -0.4 is 15.8 Å². The molecule has 3 N–H and O–H groups in total. The van der Waals surface area contributed by atoms with Crippen LogP contribution in [0.4, 0.5) is 18.9 Å². The fraction of sp³-hybridized carbons (Fsp3) is 0.278. The summed E-state index contributed by atoms with van der Waals surface area (Å²) in [5.41, 5.74) is 8.36. The first-order valence-corrected chi connectivity index (χ1v) is 7.94. The topological polar surface area (TPSA) is 68.9 Å². The van der Waals surface area contributed by atoms with Crippen LogP contribution in [-0.4, -0.2) is 18.9 Å². The Bertz CT molecular complexity index is 720. The van der Waals surface area contributed by atoms with Crippen molar-refractivity contribution in [3.63, 3.8) is 0 Å². The van der Waals surface area contributed by atoms with Gasteiger partial charge in [0.15, 0.2) is 5.96 Å². The van der Waals surface area contributed by atoms with Crippen LogP contribution in [0.2, 0.25) is 0 Å². The second-order valence-electron chi connectivity index (χ2n) is 5.35. The van der Waals surface area contributed by atoms with Gasteiger partial charge < -0.3 is 20.5 Å². The zero-order chi connectivity index (χ0) is 19.0. The number of guanidine groups is 1. The van der Waals surface area contributed by atoms with E-state index < -0.39 is 6.36 Å². The average molecular weight is 495 g/mol. The number of benzene rings is 2. The highest BCUT2D eigenvalue weighted by atomic mass is 127. The third-order valence-electron chi connectivity index (χ3n) is 3.29. The minimum absolute atomic E-state index is 0. The van der Waals surface area contributed by atoms with Gasteiger partial charge in [0, 0.05) is 12.3 Å². The number of nitrogens with two attached hydrogens (primary N) is 1. The molecule has 0 radical (unpaired) electrons. The Kier molecular flexibility index (Phi) is 9.36. The summed E-state index contributed by atoms with van der Waals surface area (Å²) in [6.07, 6.45) is -4.71. The summed E-state index contributed by atoms with van der Waals surface area (Å²) in [6, 6.07) is 13.0. The van der Waals surface area contributed by atoms with E-state index in [4.69, 9.17) is 10.5 Å². The molecule has 5 nitrogen and oxygen atoms in total. The number of halogens is 4. The number of nitrogens with one attached hydrogen (secondary N) is 1. The fourth-order valence-corrected chi connectivity index (χ4v) is 2.06. The second-order valence-corrected chi connectivity index (χ2v) is 5.35. The Hall–Kier alpha value is -2.01. The van der Waals surface area contributed by atoms with Crippen LogP contribution in [0, 0.1) is 0 Å². The third-order valence-corrected chi connectivity index (χ3v) is 3.29. The van der Waals surface area contributed by atoms with Crippen molar-refractivity contribution < 1.29 is 22.6 Å². The lowest BCUT2D eigenvalue weighted by Gasteiger charge is -2.10. The molecular formula is C18H21F3IN3O2. The molecule has 0 aliphatic rings. The number of ether oxygens (including phenoxy) is 2. The quantitative estimate of drug-likeness (QED) is 0.333. The van der Waals surface area contributed by atoms with Crippen molar-refractivity contribution in [3.8, 4) is 5.75 Å². The molecule has 0 unspecified atom stereocenters. The van der Waals surface area contributed by atoms with E-state index >= 15 is 0 Å². The van der Waals surface area contributed by atoms with Crippen molar-refractivity contribution in [2.45, 2.75) is 26.4 Å². The molecule has 148 valence electrons. The van der Waals surface area contributed by atoms with Crippen molar-refractivity contribution in [1.82, 2.24) is 0 Å². The molecular weight excluding hydrogens is 474 g/mol. The largest absolute Gasteiger partial charge is 0.573 e. The normalized spacial score (nSPS) is 11.6. The van der Waals surface area contributed by atoms with E-state index in [1.54, 1.807) is 0 Å². The Morgan fingerprint density at radius 1 is 1.04 bits per heavy atom. The molecule has 0 fully saturated rings. The van der Waals surface area contributed by atoms with Gasteiger partial charge in [0.2, 0.25) is 0 Å². The van der Waals surface area contributed by atoms with Gasteiger partial charge in [-0.1, -0.05) is 24.3 Å². The van der Waals surface area contributed by atoms with Crippen molar-refractivity contribution in [2.24, 2.45) is 10.7 Å². The summed E-state index contributed by atoms with van der Waals surface area (Å²) in [6.45, 7) is 3.55. The standard InChI is InChI=1S/C18H20F3N3O2.HI/c1-2-25-12-14-5-3-13(4-6-14)11-23-17(22)24-15-7-9-16(10-8-15)26-18(19,20)21;/h3-10H,2,11-12H2,1H3,(H3,22,23,24);1H. The molecule has 0 atom stereocenters. The summed E-state index contributed by atoms with van der Waals surface area (Å²) in [7, 11) is 0. The van der Waals surface area contributed by atoms with Gasteiger partial charge in [-0.15, -0.1) is 37.1 Å². The van der Waals surface area contributed by atoms with Crippen molar-refractivity contribution in [1.29, 1.82) is 0 Å². The Morgan fingerprint density at radius 3 is 2.19 bits per heavy atom. The number of aliphatic imine (C=N–C) groups is 1. The number of nitrogens with zero attached hydrogens (tertiary/aromatic N) is 1. The second kappa shape index (κ2) is 11.0. The van der Waals surface area contributed by atoms with Crippen molar-refractivity contribution in [2.75, 3.05) is 11.9 Å². The summed E-state index contributed by atoms with van der Waals surface area (Å²) >= 11 is 0. The Labute approximate surface area is 172 Å². The van der Waals surface area contributed by atoms with E-state index in [0.29, 0.717) is 25.4 Å². The van der Waals surface area contributed by atoms with Gasteiger partial charge in [-0.2, -0.15) is 0 Å². The maximum absolute atomic E-state index is 12.1. The third kappa shape index (κ3) is 8.96. The molecule has 2 rings (SSSR count).